The Hall–Kier alpha value is -3.06. The van der Waals surface area contributed by atoms with Crippen LogP contribution in [-0.4, -0.2) is 46.4 Å². The van der Waals surface area contributed by atoms with Crippen LogP contribution in [0.5, 0.6) is 0 Å². The molecule has 3 atom stereocenters. The number of benzene rings is 1. The second kappa shape index (κ2) is 11.8. The summed E-state index contributed by atoms with van der Waals surface area (Å²) in [5.74, 6) is -1.42. The number of ketones is 1. The first-order valence-electron chi connectivity index (χ1n) is 10.1. The summed E-state index contributed by atoms with van der Waals surface area (Å²) in [7, 11) is 0. The van der Waals surface area contributed by atoms with Gasteiger partial charge in [-0.25, -0.2) is 0 Å². The molecule has 160 valence electrons. The Kier molecular flexibility index (Phi) is 9.15. The van der Waals surface area contributed by atoms with Gasteiger partial charge in [0.1, 0.15) is 12.6 Å². The van der Waals surface area contributed by atoms with Crippen LogP contribution in [0.15, 0.2) is 54.9 Å². The largest absolute Gasteiger partial charge is 0.389 e. The highest BCUT2D eigenvalue weighted by Crippen LogP contribution is 2.12. The van der Waals surface area contributed by atoms with Crippen LogP contribution >= 0.6 is 0 Å². The highest BCUT2D eigenvalue weighted by atomic mass is 16.3. The molecule has 3 N–H and O–H groups in total. The maximum atomic E-state index is 13.0. The van der Waals surface area contributed by atoms with Crippen molar-refractivity contribution in [2.45, 2.75) is 45.2 Å². The maximum absolute atomic E-state index is 13.0. The Labute approximate surface area is 176 Å². The van der Waals surface area contributed by atoms with Gasteiger partial charge in [-0.15, -0.1) is 0 Å². The number of nitrogens with one attached hydrogen (secondary N) is 2. The van der Waals surface area contributed by atoms with Gasteiger partial charge in [-0.05, 0) is 36.5 Å². The van der Waals surface area contributed by atoms with Crippen molar-refractivity contribution in [3.63, 3.8) is 0 Å². The number of aryl methyl sites for hydroxylation is 1. The average molecular weight is 412 g/mol. The molecule has 0 radical (unpaired) electrons. The topological polar surface area (TPSA) is 108 Å². The molecule has 0 aliphatic rings. The zero-order valence-corrected chi connectivity index (χ0v) is 17.4. The van der Waals surface area contributed by atoms with Crippen molar-refractivity contribution in [3.8, 4) is 0 Å². The van der Waals surface area contributed by atoms with E-state index in [4.69, 9.17) is 0 Å². The summed E-state index contributed by atoms with van der Waals surface area (Å²) in [5, 5.41) is 14.8. The van der Waals surface area contributed by atoms with E-state index in [-0.39, 0.29) is 11.8 Å². The first kappa shape index (κ1) is 23.2. The van der Waals surface area contributed by atoms with Crippen LogP contribution in [-0.2, 0) is 16.0 Å². The number of pyridine rings is 1. The summed E-state index contributed by atoms with van der Waals surface area (Å²) < 4.78 is 0. The predicted molar refractivity (Wildman–Crippen MR) is 114 cm³/mol. The van der Waals surface area contributed by atoms with Crippen LogP contribution < -0.4 is 10.6 Å². The second-order valence-corrected chi connectivity index (χ2v) is 7.28. The van der Waals surface area contributed by atoms with Gasteiger partial charge in [-0.2, -0.15) is 0 Å². The van der Waals surface area contributed by atoms with Crippen molar-refractivity contribution in [3.05, 3.63) is 66.0 Å². The molecule has 1 aromatic carbocycles. The third kappa shape index (κ3) is 6.77. The zero-order valence-electron chi connectivity index (χ0n) is 17.4. The predicted octanol–water partition coefficient (Wildman–Crippen LogP) is 1.91. The van der Waals surface area contributed by atoms with E-state index < -0.39 is 30.4 Å². The molecule has 1 heterocycles. The lowest BCUT2D eigenvalue weighted by molar-refractivity contribution is -0.131. The van der Waals surface area contributed by atoms with Gasteiger partial charge in [0.15, 0.2) is 5.78 Å². The summed E-state index contributed by atoms with van der Waals surface area (Å²) in [6, 6.07) is 11.1. The SMILES string of the molecule is CCC(C)[C@H](NC(=O)c1ccncc1)C(=O)N[C@@H](CCc1ccccc1)C(=O)CO. The molecule has 2 amide bonds. The second-order valence-electron chi connectivity index (χ2n) is 7.28. The van der Waals surface area contributed by atoms with Gasteiger partial charge in [-0.1, -0.05) is 50.6 Å². The molecule has 1 unspecified atom stereocenters. The van der Waals surface area contributed by atoms with Gasteiger partial charge in [0.05, 0.1) is 6.04 Å². The third-order valence-corrected chi connectivity index (χ3v) is 5.15. The Morgan fingerprint density at radius 1 is 1.03 bits per heavy atom. The van der Waals surface area contributed by atoms with Gasteiger partial charge >= 0.3 is 0 Å². The molecule has 0 aliphatic carbocycles. The highest BCUT2D eigenvalue weighted by molar-refractivity contribution is 5.98. The summed E-state index contributed by atoms with van der Waals surface area (Å²) in [5.41, 5.74) is 1.44. The van der Waals surface area contributed by atoms with Gasteiger partial charge in [0.2, 0.25) is 5.91 Å². The molecule has 0 spiro atoms. The Morgan fingerprint density at radius 2 is 1.70 bits per heavy atom. The molecule has 0 saturated heterocycles. The minimum atomic E-state index is -0.827. The quantitative estimate of drug-likeness (QED) is 0.523. The summed E-state index contributed by atoms with van der Waals surface area (Å²) >= 11 is 0. The van der Waals surface area contributed by atoms with E-state index in [1.165, 1.54) is 12.4 Å². The lowest BCUT2D eigenvalue weighted by Crippen LogP contribution is -2.54. The van der Waals surface area contributed by atoms with E-state index in [0.717, 1.165) is 5.56 Å². The molecule has 30 heavy (non-hydrogen) atoms. The summed E-state index contributed by atoms with van der Waals surface area (Å²) in [6.07, 6.45) is 4.62. The fourth-order valence-electron chi connectivity index (χ4n) is 3.07. The van der Waals surface area contributed by atoms with Crippen molar-refractivity contribution in [1.82, 2.24) is 15.6 Å². The molecular formula is C23H29N3O4. The van der Waals surface area contributed by atoms with E-state index in [2.05, 4.69) is 15.6 Å². The number of hydrogen-bond donors (Lipinski definition) is 3. The molecule has 2 rings (SSSR count). The van der Waals surface area contributed by atoms with Crippen molar-refractivity contribution in [1.29, 1.82) is 0 Å². The minimum Gasteiger partial charge on any atom is -0.389 e. The van der Waals surface area contributed by atoms with Gasteiger partial charge in [0.25, 0.3) is 5.91 Å². The van der Waals surface area contributed by atoms with Crippen LogP contribution in [0.2, 0.25) is 0 Å². The number of aromatic nitrogens is 1. The number of hydrogen-bond acceptors (Lipinski definition) is 5. The van der Waals surface area contributed by atoms with Crippen LogP contribution in [0.25, 0.3) is 0 Å². The average Bonchev–Trinajstić information content (AvgIpc) is 2.80. The van der Waals surface area contributed by atoms with E-state index >= 15 is 0 Å². The van der Waals surface area contributed by atoms with Crippen LogP contribution in [0, 0.1) is 5.92 Å². The monoisotopic (exact) mass is 411 g/mol. The number of carbonyl (C=O) groups is 3. The van der Waals surface area contributed by atoms with E-state index in [9.17, 15) is 19.5 Å². The number of aliphatic hydroxyl groups excluding tert-OH is 1. The molecule has 7 nitrogen and oxygen atoms in total. The number of nitrogens with zero attached hydrogens (tertiary/aromatic N) is 1. The molecule has 1 aromatic heterocycles. The number of amides is 2. The number of carbonyl (C=O) groups excluding carboxylic acids is 3. The van der Waals surface area contributed by atoms with E-state index in [1.807, 2.05) is 44.2 Å². The standard InChI is InChI=1S/C23H29N3O4/c1-3-16(2)21(26-22(29)18-11-13-24-14-12-18)23(30)25-19(20(28)15-27)10-9-17-7-5-4-6-8-17/h4-8,11-14,16,19,21,27H,3,9-10,15H2,1-2H3,(H,25,30)(H,26,29)/t16?,19-,21-/m0/s1. The molecule has 0 saturated carbocycles. The van der Waals surface area contributed by atoms with Gasteiger partial charge in [-0.3, -0.25) is 19.4 Å². The van der Waals surface area contributed by atoms with Gasteiger partial charge in [0, 0.05) is 18.0 Å². The highest BCUT2D eigenvalue weighted by Gasteiger charge is 2.29. The maximum Gasteiger partial charge on any atom is 0.252 e. The van der Waals surface area contributed by atoms with Crippen molar-refractivity contribution in [2.75, 3.05) is 6.61 Å². The zero-order chi connectivity index (χ0) is 21.9. The molecule has 7 heteroatoms. The summed E-state index contributed by atoms with van der Waals surface area (Å²) in [4.78, 5) is 41.6. The first-order valence-corrected chi connectivity index (χ1v) is 10.1. The van der Waals surface area contributed by atoms with E-state index in [0.29, 0.717) is 24.8 Å². The molecule has 2 aromatic rings. The van der Waals surface area contributed by atoms with Crippen LogP contribution in [0.3, 0.4) is 0 Å². The Morgan fingerprint density at radius 3 is 2.30 bits per heavy atom. The van der Waals surface area contributed by atoms with Crippen LogP contribution in [0.1, 0.15) is 42.6 Å². The fourth-order valence-corrected chi connectivity index (χ4v) is 3.07. The lowest BCUT2D eigenvalue weighted by Gasteiger charge is -2.26. The summed E-state index contributed by atoms with van der Waals surface area (Å²) in [6.45, 7) is 3.14. The van der Waals surface area contributed by atoms with Crippen molar-refractivity contribution >= 4 is 17.6 Å². The molecule has 0 aliphatic heterocycles. The molecule has 0 fully saturated rings. The Bertz CT molecular complexity index is 827. The van der Waals surface area contributed by atoms with Gasteiger partial charge < -0.3 is 15.7 Å². The lowest BCUT2D eigenvalue weighted by atomic mass is 9.96. The number of Topliss-reactive ketones (excluding diaryl/α,β-unsaturated/α-hetero) is 1. The van der Waals surface area contributed by atoms with Crippen molar-refractivity contribution in [2.24, 2.45) is 5.92 Å². The smallest absolute Gasteiger partial charge is 0.252 e. The van der Waals surface area contributed by atoms with Crippen molar-refractivity contribution < 1.29 is 19.5 Å². The van der Waals surface area contributed by atoms with Crippen LogP contribution in [0.4, 0.5) is 0 Å². The molecular weight excluding hydrogens is 382 g/mol. The normalized spacial score (nSPS) is 13.7. The number of rotatable bonds is 11. The number of aliphatic hydroxyl groups is 1. The Balaban J connectivity index is 2.09. The first-order chi connectivity index (χ1) is 14.5. The molecule has 0 bridgehead atoms. The minimum absolute atomic E-state index is 0.144. The fraction of sp³-hybridized carbons (Fsp3) is 0.391. The van der Waals surface area contributed by atoms with E-state index in [1.54, 1.807) is 12.1 Å². The third-order valence-electron chi connectivity index (χ3n) is 5.15.